The Kier molecular flexibility index (Phi) is 2.93. The van der Waals surface area contributed by atoms with Gasteiger partial charge in [0.1, 0.15) is 6.10 Å². The molecule has 2 unspecified atom stereocenters. The predicted octanol–water partition coefficient (Wildman–Crippen LogP) is 0.340. The molecule has 0 spiro atoms. The average molecular weight is 198 g/mol. The number of rotatable bonds is 3. The molecule has 0 saturated carbocycles. The number of carbonyl (C=O) groups is 2. The summed E-state index contributed by atoms with van der Waals surface area (Å²) in [5.41, 5.74) is 0. The second-order valence-corrected chi connectivity index (χ2v) is 3.79. The van der Waals surface area contributed by atoms with Crippen molar-refractivity contribution >= 4 is 11.6 Å². The highest BCUT2D eigenvalue weighted by molar-refractivity contribution is 6.39. The second kappa shape index (κ2) is 4.19. The number of carbonyl (C=O) groups excluding carboxylic acids is 2. The van der Waals surface area contributed by atoms with E-state index < -0.39 is 6.10 Å². The van der Waals surface area contributed by atoms with Crippen molar-refractivity contribution < 1.29 is 19.1 Å². The number of ketones is 2. The zero-order valence-corrected chi connectivity index (χ0v) is 8.03. The lowest BCUT2D eigenvalue weighted by atomic mass is 9.96. The Morgan fingerprint density at radius 1 is 1.07 bits per heavy atom. The quantitative estimate of drug-likeness (QED) is 0.614. The summed E-state index contributed by atoms with van der Waals surface area (Å²) in [5, 5.41) is 0. The Morgan fingerprint density at radius 3 is 2.50 bits per heavy atom. The van der Waals surface area contributed by atoms with Crippen LogP contribution >= 0.6 is 0 Å². The van der Waals surface area contributed by atoms with Crippen LogP contribution in [0.1, 0.15) is 19.3 Å². The molecular formula is C10H14O4. The van der Waals surface area contributed by atoms with Crippen molar-refractivity contribution in [2.75, 3.05) is 19.8 Å². The van der Waals surface area contributed by atoms with Crippen molar-refractivity contribution in [2.24, 2.45) is 5.92 Å². The highest BCUT2D eigenvalue weighted by atomic mass is 16.5. The van der Waals surface area contributed by atoms with Crippen molar-refractivity contribution in [1.29, 1.82) is 0 Å². The molecule has 2 aliphatic heterocycles. The van der Waals surface area contributed by atoms with Crippen LogP contribution in [0.3, 0.4) is 0 Å². The summed E-state index contributed by atoms with van der Waals surface area (Å²) in [6, 6.07) is 0. The van der Waals surface area contributed by atoms with E-state index in [0.29, 0.717) is 32.7 Å². The summed E-state index contributed by atoms with van der Waals surface area (Å²) in [4.78, 5) is 23.2. The van der Waals surface area contributed by atoms with E-state index in [2.05, 4.69) is 0 Å². The lowest BCUT2D eigenvalue weighted by molar-refractivity contribution is -0.144. The minimum absolute atomic E-state index is 0.216. The maximum absolute atomic E-state index is 11.6. The highest BCUT2D eigenvalue weighted by Gasteiger charge is 2.35. The molecular weight excluding hydrogens is 184 g/mol. The van der Waals surface area contributed by atoms with Gasteiger partial charge in [0.15, 0.2) is 0 Å². The molecule has 2 heterocycles. The minimum atomic E-state index is -0.469. The molecule has 4 heteroatoms. The van der Waals surface area contributed by atoms with Crippen molar-refractivity contribution in [3.8, 4) is 0 Å². The largest absolute Gasteiger partial charge is 0.381 e. The van der Waals surface area contributed by atoms with Crippen LogP contribution in [0.25, 0.3) is 0 Å². The van der Waals surface area contributed by atoms with Gasteiger partial charge in [-0.15, -0.1) is 0 Å². The first-order valence-corrected chi connectivity index (χ1v) is 5.06. The number of hydrogen-bond donors (Lipinski definition) is 0. The van der Waals surface area contributed by atoms with Crippen molar-refractivity contribution in [3.05, 3.63) is 0 Å². The van der Waals surface area contributed by atoms with Crippen LogP contribution in [-0.2, 0) is 19.1 Å². The molecule has 0 amide bonds. The summed E-state index contributed by atoms with van der Waals surface area (Å²) in [6.07, 6.45) is 1.78. The van der Waals surface area contributed by atoms with Crippen molar-refractivity contribution in [2.45, 2.75) is 25.4 Å². The summed E-state index contributed by atoms with van der Waals surface area (Å²) < 4.78 is 10.3. The summed E-state index contributed by atoms with van der Waals surface area (Å²) in [5.74, 6) is -0.862. The second-order valence-electron chi connectivity index (χ2n) is 3.79. The fraction of sp³-hybridized carbons (Fsp3) is 0.800. The molecule has 0 radical (unpaired) electrons. The van der Waals surface area contributed by atoms with E-state index in [1.54, 1.807) is 0 Å². The van der Waals surface area contributed by atoms with Crippen LogP contribution in [-0.4, -0.2) is 37.5 Å². The molecule has 2 atom stereocenters. The van der Waals surface area contributed by atoms with E-state index in [0.717, 1.165) is 6.42 Å². The zero-order valence-electron chi connectivity index (χ0n) is 8.03. The maximum atomic E-state index is 11.6. The highest BCUT2D eigenvalue weighted by Crippen LogP contribution is 2.19. The molecule has 0 aromatic carbocycles. The predicted molar refractivity (Wildman–Crippen MR) is 47.9 cm³/mol. The fourth-order valence-electron chi connectivity index (χ4n) is 1.89. The van der Waals surface area contributed by atoms with Crippen LogP contribution in [0.4, 0.5) is 0 Å². The lowest BCUT2D eigenvalue weighted by Crippen LogP contribution is -2.33. The van der Waals surface area contributed by atoms with Gasteiger partial charge in [0.2, 0.25) is 11.6 Å². The molecule has 78 valence electrons. The van der Waals surface area contributed by atoms with Crippen molar-refractivity contribution in [3.63, 3.8) is 0 Å². The Balaban J connectivity index is 1.92. The van der Waals surface area contributed by atoms with E-state index in [4.69, 9.17) is 9.47 Å². The van der Waals surface area contributed by atoms with E-state index in [9.17, 15) is 9.59 Å². The maximum Gasteiger partial charge on any atom is 0.227 e. The zero-order chi connectivity index (χ0) is 9.97. The lowest BCUT2D eigenvalue weighted by Gasteiger charge is -2.09. The summed E-state index contributed by atoms with van der Waals surface area (Å²) in [6.45, 7) is 1.59. The topological polar surface area (TPSA) is 52.6 Å². The number of Topliss-reactive ketones (excluding diaryl/α,β-unsaturated/α-hetero) is 2. The molecule has 2 rings (SSSR count). The van der Waals surface area contributed by atoms with Gasteiger partial charge in [-0.1, -0.05) is 0 Å². The molecule has 2 fully saturated rings. The SMILES string of the molecule is O=C(C(=O)C1CCCO1)C1CCOC1. The van der Waals surface area contributed by atoms with Gasteiger partial charge in [-0.2, -0.15) is 0 Å². The molecule has 2 saturated heterocycles. The van der Waals surface area contributed by atoms with Gasteiger partial charge in [0.25, 0.3) is 0 Å². The van der Waals surface area contributed by atoms with Crippen LogP contribution in [0.5, 0.6) is 0 Å². The first-order valence-electron chi connectivity index (χ1n) is 5.06. The molecule has 0 aliphatic carbocycles. The summed E-state index contributed by atoms with van der Waals surface area (Å²) in [7, 11) is 0. The first-order chi connectivity index (χ1) is 6.79. The summed E-state index contributed by atoms with van der Waals surface area (Å²) >= 11 is 0. The molecule has 0 aromatic heterocycles. The monoisotopic (exact) mass is 198 g/mol. The van der Waals surface area contributed by atoms with E-state index in [1.165, 1.54) is 0 Å². The Labute approximate surface area is 82.6 Å². The molecule has 0 aromatic rings. The Morgan fingerprint density at radius 2 is 1.93 bits per heavy atom. The first kappa shape index (κ1) is 9.80. The third-order valence-corrected chi connectivity index (χ3v) is 2.77. The van der Waals surface area contributed by atoms with Crippen LogP contribution in [0.2, 0.25) is 0 Å². The van der Waals surface area contributed by atoms with Gasteiger partial charge in [-0.3, -0.25) is 9.59 Å². The molecule has 2 aliphatic rings. The van der Waals surface area contributed by atoms with Gasteiger partial charge in [0, 0.05) is 13.2 Å². The molecule has 4 nitrogen and oxygen atoms in total. The van der Waals surface area contributed by atoms with Crippen LogP contribution < -0.4 is 0 Å². The van der Waals surface area contributed by atoms with Gasteiger partial charge in [-0.05, 0) is 19.3 Å². The van der Waals surface area contributed by atoms with Crippen LogP contribution in [0.15, 0.2) is 0 Å². The molecule has 0 N–H and O–H groups in total. The van der Waals surface area contributed by atoms with Crippen molar-refractivity contribution in [1.82, 2.24) is 0 Å². The van der Waals surface area contributed by atoms with E-state index >= 15 is 0 Å². The fourth-order valence-corrected chi connectivity index (χ4v) is 1.89. The van der Waals surface area contributed by atoms with E-state index in [1.807, 2.05) is 0 Å². The Bertz CT molecular complexity index is 211. The third kappa shape index (κ3) is 1.86. The molecule has 0 bridgehead atoms. The van der Waals surface area contributed by atoms with E-state index in [-0.39, 0.29) is 17.5 Å². The van der Waals surface area contributed by atoms with Gasteiger partial charge in [-0.25, -0.2) is 0 Å². The number of ether oxygens (including phenoxy) is 2. The van der Waals surface area contributed by atoms with Gasteiger partial charge in [0.05, 0.1) is 12.5 Å². The average Bonchev–Trinajstić information content (AvgIpc) is 2.87. The number of hydrogen-bond acceptors (Lipinski definition) is 4. The normalized spacial score (nSPS) is 32.0. The third-order valence-electron chi connectivity index (χ3n) is 2.77. The van der Waals surface area contributed by atoms with Gasteiger partial charge >= 0.3 is 0 Å². The minimum Gasteiger partial charge on any atom is -0.381 e. The Hall–Kier alpha value is -0.740. The smallest absolute Gasteiger partial charge is 0.227 e. The van der Waals surface area contributed by atoms with Crippen LogP contribution in [0, 0.1) is 5.92 Å². The van der Waals surface area contributed by atoms with Gasteiger partial charge < -0.3 is 9.47 Å². The standard InChI is InChI=1S/C10H14O4/c11-9(7-3-5-13-6-7)10(12)8-2-1-4-14-8/h7-8H,1-6H2. The molecule has 14 heavy (non-hydrogen) atoms.